The Bertz CT molecular complexity index is 404. The molecule has 1 N–H and O–H groups in total. The zero-order chi connectivity index (χ0) is 14.0. The van der Waals surface area contributed by atoms with Gasteiger partial charge >= 0.3 is 0 Å². The Hall–Kier alpha value is -1.55. The molecule has 1 aliphatic heterocycles. The van der Waals surface area contributed by atoms with Crippen LogP contribution in [0.5, 0.6) is 0 Å². The van der Waals surface area contributed by atoms with Gasteiger partial charge in [0.1, 0.15) is 5.76 Å². The van der Waals surface area contributed by atoms with Crippen molar-refractivity contribution in [2.45, 2.75) is 32.1 Å². The average molecular weight is 276 g/mol. The number of furan rings is 1. The lowest BCUT2D eigenvalue weighted by Crippen LogP contribution is -2.29. The molecule has 1 aromatic rings. The fraction of sp³-hybridized carbons (Fsp3) is 0.562. The Morgan fingerprint density at radius 1 is 1.30 bits per heavy atom. The number of hydrogen-bond donors (Lipinski definition) is 1. The molecule has 1 fully saturated rings. The summed E-state index contributed by atoms with van der Waals surface area (Å²) in [5, 5.41) is 2.91. The van der Waals surface area contributed by atoms with Crippen LogP contribution >= 0.6 is 0 Å². The molecule has 110 valence electrons. The van der Waals surface area contributed by atoms with Crippen LogP contribution in [0.3, 0.4) is 0 Å². The van der Waals surface area contributed by atoms with Gasteiger partial charge in [-0.15, -0.1) is 0 Å². The molecule has 0 aliphatic carbocycles. The monoisotopic (exact) mass is 276 g/mol. The van der Waals surface area contributed by atoms with E-state index in [9.17, 15) is 4.79 Å². The van der Waals surface area contributed by atoms with Crippen molar-refractivity contribution in [2.24, 2.45) is 0 Å². The molecule has 0 spiro atoms. The maximum Gasteiger partial charge on any atom is 0.244 e. The Morgan fingerprint density at radius 3 is 2.80 bits per heavy atom. The number of nitrogens with one attached hydrogen (secondary N) is 1. The lowest BCUT2D eigenvalue weighted by molar-refractivity contribution is -0.116. The molecule has 0 unspecified atom stereocenters. The number of nitrogens with zero attached hydrogens (tertiary/aromatic N) is 1. The highest BCUT2D eigenvalue weighted by molar-refractivity contribution is 5.91. The van der Waals surface area contributed by atoms with Crippen LogP contribution in [0.4, 0.5) is 0 Å². The van der Waals surface area contributed by atoms with E-state index in [0.29, 0.717) is 5.76 Å². The third-order valence-corrected chi connectivity index (χ3v) is 3.59. The minimum Gasteiger partial charge on any atom is -0.465 e. The smallest absolute Gasteiger partial charge is 0.244 e. The Balaban J connectivity index is 1.57. The second-order valence-corrected chi connectivity index (χ2v) is 5.25. The predicted octanol–water partition coefficient (Wildman–Crippen LogP) is 2.68. The van der Waals surface area contributed by atoms with Gasteiger partial charge in [0.15, 0.2) is 0 Å². The summed E-state index contributed by atoms with van der Waals surface area (Å²) in [4.78, 5) is 14.1. The first-order chi connectivity index (χ1) is 9.84. The molecular weight excluding hydrogens is 252 g/mol. The summed E-state index contributed by atoms with van der Waals surface area (Å²) in [5.41, 5.74) is 0. The molecule has 20 heavy (non-hydrogen) atoms. The zero-order valence-corrected chi connectivity index (χ0v) is 12.0. The quantitative estimate of drug-likeness (QED) is 0.642. The fourth-order valence-electron chi connectivity index (χ4n) is 2.48. The van der Waals surface area contributed by atoms with Crippen molar-refractivity contribution in [3.05, 3.63) is 30.2 Å². The van der Waals surface area contributed by atoms with Gasteiger partial charge < -0.3 is 14.6 Å². The standard InChI is InChI=1S/C16H24N2O2/c19-16(9-8-15-7-5-14-20-15)17-10-6-13-18-11-3-1-2-4-12-18/h5,7-9,14H,1-4,6,10-13H2,(H,17,19)/b9-8+. The topological polar surface area (TPSA) is 45.5 Å². The molecule has 2 rings (SSSR count). The number of amides is 1. The van der Waals surface area contributed by atoms with Gasteiger partial charge in [-0.1, -0.05) is 12.8 Å². The molecule has 0 radical (unpaired) electrons. The molecular formula is C16H24N2O2. The van der Waals surface area contributed by atoms with E-state index in [1.165, 1.54) is 44.8 Å². The highest BCUT2D eigenvalue weighted by Gasteiger charge is 2.08. The molecule has 1 saturated heterocycles. The van der Waals surface area contributed by atoms with Crippen molar-refractivity contribution in [3.63, 3.8) is 0 Å². The Labute approximate surface area is 120 Å². The number of rotatable bonds is 6. The summed E-state index contributed by atoms with van der Waals surface area (Å²) in [6, 6.07) is 3.63. The van der Waals surface area contributed by atoms with E-state index in [4.69, 9.17) is 4.42 Å². The van der Waals surface area contributed by atoms with Gasteiger partial charge in [-0.3, -0.25) is 4.79 Å². The highest BCUT2D eigenvalue weighted by Crippen LogP contribution is 2.09. The molecule has 1 aliphatic rings. The largest absolute Gasteiger partial charge is 0.465 e. The van der Waals surface area contributed by atoms with Gasteiger partial charge in [-0.2, -0.15) is 0 Å². The van der Waals surface area contributed by atoms with Crippen molar-refractivity contribution in [1.29, 1.82) is 0 Å². The Morgan fingerprint density at radius 2 is 2.10 bits per heavy atom. The third-order valence-electron chi connectivity index (χ3n) is 3.59. The van der Waals surface area contributed by atoms with Gasteiger partial charge in [-0.25, -0.2) is 0 Å². The number of likely N-dealkylation sites (tertiary alicyclic amines) is 1. The maximum absolute atomic E-state index is 11.6. The second-order valence-electron chi connectivity index (χ2n) is 5.25. The van der Waals surface area contributed by atoms with Gasteiger partial charge in [0, 0.05) is 12.6 Å². The molecule has 0 aromatic carbocycles. The first-order valence-electron chi connectivity index (χ1n) is 7.56. The van der Waals surface area contributed by atoms with Gasteiger partial charge in [0.25, 0.3) is 0 Å². The first kappa shape index (κ1) is 14.9. The van der Waals surface area contributed by atoms with E-state index in [-0.39, 0.29) is 5.91 Å². The van der Waals surface area contributed by atoms with Crippen LogP contribution in [0, 0.1) is 0 Å². The number of carbonyl (C=O) groups is 1. The van der Waals surface area contributed by atoms with Crippen LogP contribution in [0.1, 0.15) is 37.9 Å². The molecule has 0 saturated carbocycles. The van der Waals surface area contributed by atoms with Crippen LogP contribution in [-0.2, 0) is 4.79 Å². The molecule has 4 heteroatoms. The van der Waals surface area contributed by atoms with E-state index in [1.807, 2.05) is 6.07 Å². The summed E-state index contributed by atoms with van der Waals surface area (Å²) in [6.07, 6.45) is 11.2. The molecule has 4 nitrogen and oxygen atoms in total. The summed E-state index contributed by atoms with van der Waals surface area (Å²) < 4.78 is 5.13. The average Bonchev–Trinajstić information content (AvgIpc) is 2.84. The number of hydrogen-bond acceptors (Lipinski definition) is 3. The van der Waals surface area contributed by atoms with E-state index in [0.717, 1.165) is 19.5 Å². The maximum atomic E-state index is 11.6. The lowest BCUT2D eigenvalue weighted by Gasteiger charge is -2.19. The number of carbonyl (C=O) groups excluding carboxylic acids is 1. The third kappa shape index (κ3) is 5.61. The SMILES string of the molecule is O=C(/C=C/c1ccco1)NCCCN1CCCCCC1. The minimum absolute atomic E-state index is 0.0581. The van der Waals surface area contributed by atoms with Crippen molar-refractivity contribution < 1.29 is 9.21 Å². The van der Waals surface area contributed by atoms with Crippen LogP contribution in [0.15, 0.2) is 28.9 Å². The molecule has 1 amide bonds. The molecule has 0 bridgehead atoms. The van der Waals surface area contributed by atoms with E-state index in [1.54, 1.807) is 18.4 Å². The Kier molecular flexibility index (Phi) is 6.38. The predicted molar refractivity (Wildman–Crippen MR) is 80.3 cm³/mol. The van der Waals surface area contributed by atoms with Crippen LogP contribution in [0.2, 0.25) is 0 Å². The van der Waals surface area contributed by atoms with Crippen LogP contribution < -0.4 is 5.32 Å². The van der Waals surface area contributed by atoms with Gasteiger partial charge in [-0.05, 0) is 57.1 Å². The summed E-state index contributed by atoms with van der Waals surface area (Å²) in [6.45, 7) is 4.25. The molecule has 0 atom stereocenters. The van der Waals surface area contributed by atoms with Gasteiger partial charge in [0.2, 0.25) is 5.91 Å². The van der Waals surface area contributed by atoms with Crippen molar-refractivity contribution in [3.8, 4) is 0 Å². The molecule has 2 heterocycles. The molecule has 1 aromatic heterocycles. The normalized spacial score (nSPS) is 17.2. The van der Waals surface area contributed by atoms with E-state index >= 15 is 0 Å². The van der Waals surface area contributed by atoms with Crippen molar-refractivity contribution in [2.75, 3.05) is 26.2 Å². The minimum atomic E-state index is -0.0581. The highest BCUT2D eigenvalue weighted by atomic mass is 16.3. The van der Waals surface area contributed by atoms with Crippen LogP contribution in [0.25, 0.3) is 6.08 Å². The first-order valence-corrected chi connectivity index (χ1v) is 7.56. The van der Waals surface area contributed by atoms with E-state index < -0.39 is 0 Å². The van der Waals surface area contributed by atoms with Crippen LogP contribution in [-0.4, -0.2) is 37.0 Å². The van der Waals surface area contributed by atoms with E-state index in [2.05, 4.69) is 10.2 Å². The summed E-state index contributed by atoms with van der Waals surface area (Å²) in [5.74, 6) is 0.641. The van der Waals surface area contributed by atoms with Crippen molar-refractivity contribution >= 4 is 12.0 Å². The zero-order valence-electron chi connectivity index (χ0n) is 12.0. The summed E-state index contributed by atoms with van der Waals surface area (Å²) in [7, 11) is 0. The van der Waals surface area contributed by atoms with Crippen molar-refractivity contribution in [1.82, 2.24) is 10.2 Å². The van der Waals surface area contributed by atoms with Gasteiger partial charge in [0.05, 0.1) is 6.26 Å². The fourth-order valence-corrected chi connectivity index (χ4v) is 2.48. The second kappa shape index (κ2) is 8.59. The summed E-state index contributed by atoms with van der Waals surface area (Å²) >= 11 is 0. The lowest BCUT2D eigenvalue weighted by atomic mass is 10.2.